The van der Waals surface area contributed by atoms with Gasteiger partial charge >= 0.3 is 5.63 Å². The molecule has 0 aliphatic rings. The maximum atomic E-state index is 12.9. The van der Waals surface area contributed by atoms with Crippen molar-refractivity contribution in [3.63, 3.8) is 0 Å². The van der Waals surface area contributed by atoms with Crippen LogP contribution in [0.5, 0.6) is 5.75 Å². The van der Waals surface area contributed by atoms with E-state index in [1.807, 2.05) is 13.0 Å². The predicted molar refractivity (Wildman–Crippen MR) is 89.5 cm³/mol. The summed E-state index contributed by atoms with van der Waals surface area (Å²) in [6.45, 7) is 1.95. The first-order valence-corrected chi connectivity index (χ1v) is 8.22. The molecule has 0 amide bonds. The predicted octanol–water partition coefficient (Wildman–Crippen LogP) is 4.49. The molecule has 1 heterocycles. The molecule has 0 bridgehead atoms. The molecular formula is C18H15FO3S. The van der Waals surface area contributed by atoms with Gasteiger partial charge in [0, 0.05) is 28.2 Å². The SMILES string of the molecule is CCc1cc2c(CSc3ccc(F)cc3)cc(=O)oc2cc1O. The highest BCUT2D eigenvalue weighted by molar-refractivity contribution is 7.98. The van der Waals surface area contributed by atoms with Crippen LogP contribution in [0.2, 0.25) is 0 Å². The van der Waals surface area contributed by atoms with Gasteiger partial charge in [0.25, 0.3) is 0 Å². The molecule has 23 heavy (non-hydrogen) atoms. The number of hydrogen-bond acceptors (Lipinski definition) is 4. The Morgan fingerprint density at radius 2 is 1.87 bits per heavy atom. The molecule has 0 atom stereocenters. The van der Waals surface area contributed by atoms with Gasteiger partial charge in [-0.1, -0.05) is 6.92 Å². The maximum absolute atomic E-state index is 12.9. The van der Waals surface area contributed by atoms with Crippen LogP contribution >= 0.6 is 11.8 Å². The number of aryl methyl sites for hydroxylation is 1. The molecule has 3 nitrogen and oxygen atoms in total. The minimum atomic E-state index is -0.448. The van der Waals surface area contributed by atoms with Crippen LogP contribution in [0, 0.1) is 5.82 Å². The molecule has 0 aliphatic carbocycles. The van der Waals surface area contributed by atoms with Gasteiger partial charge in [-0.05, 0) is 47.9 Å². The minimum Gasteiger partial charge on any atom is -0.508 e. The van der Waals surface area contributed by atoms with Crippen molar-refractivity contribution < 1.29 is 13.9 Å². The molecule has 1 aromatic heterocycles. The molecule has 0 saturated carbocycles. The number of aromatic hydroxyl groups is 1. The van der Waals surface area contributed by atoms with Gasteiger partial charge in [0.15, 0.2) is 0 Å². The smallest absolute Gasteiger partial charge is 0.336 e. The molecule has 0 saturated heterocycles. The third kappa shape index (κ3) is 3.40. The fourth-order valence-corrected chi connectivity index (χ4v) is 3.29. The zero-order chi connectivity index (χ0) is 16.4. The van der Waals surface area contributed by atoms with E-state index >= 15 is 0 Å². The summed E-state index contributed by atoms with van der Waals surface area (Å²) in [5, 5.41) is 10.7. The van der Waals surface area contributed by atoms with Crippen molar-refractivity contribution in [3.05, 3.63) is 69.8 Å². The van der Waals surface area contributed by atoms with Crippen molar-refractivity contribution in [1.82, 2.24) is 0 Å². The normalized spacial score (nSPS) is 11.0. The van der Waals surface area contributed by atoms with Gasteiger partial charge in [0.05, 0.1) is 0 Å². The van der Waals surface area contributed by atoms with Gasteiger partial charge in [0.1, 0.15) is 17.1 Å². The van der Waals surface area contributed by atoms with Gasteiger partial charge in [0.2, 0.25) is 0 Å². The molecule has 3 aromatic rings. The molecule has 118 valence electrons. The fourth-order valence-electron chi connectivity index (χ4n) is 2.40. The molecule has 2 aromatic carbocycles. The molecule has 3 rings (SSSR count). The number of fused-ring (bicyclic) bond motifs is 1. The minimum absolute atomic E-state index is 0.131. The Kier molecular flexibility index (Phi) is 4.39. The summed E-state index contributed by atoms with van der Waals surface area (Å²) in [5.74, 6) is 0.413. The number of halogens is 1. The topological polar surface area (TPSA) is 50.4 Å². The van der Waals surface area contributed by atoms with E-state index < -0.39 is 5.63 Å². The Morgan fingerprint density at radius 1 is 1.13 bits per heavy atom. The van der Waals surface area contributed by atoms with Gasteiger partial charge in [-0.3, -0.25) is 0 Å². The van der Waals surface area contributed by atoms with Gasteiger partial charge in [-0.2, -0.15) is 0 Å². The van der Waals surface area contributed by atoms with Crippen molar-refractivity contribution in [2.45, 2.75) is 24.0 Å². The molecule has 0 fully saturated rings. The third-order valence-electron chi connectivity index (χ3n) is 3.62. The van der Waals surface area contributed by atoms with Crippen LogP contribution in [0.1, 0.15) is 18.1 Å². The van der Waals surface area contributed by atoms with Gasteiger partial charge in [-0.15, -0.1) is 11.8 Å². The zero-order valence-corrected chi connectivity index (χ0v) is 13.3. The van der Waals surface area contributed by atoms with E-state index in [1.165, 1.54) is 36.0 Å². The van der Waals surface area contributed by atoms with E-state index in [-0.39, 0.29) is 11.6 Å². The second kappa shape index (κ2) is 6.46. The Bertz CT molecular complexity index is 901. The standard InChI is InChI=1S/C18H15FO3S/c1-2-11-7-15-12(8-18(21)22-17(15)9-16(11)20)10-23-14-5-3-13(19)4-6-14/h3-9,20H,2,10H2,1H3. The van der Waals surface area contributed by atoms with Crippen LogP contribution in [-0.4, -0.2) is 5.11 Å². The zero-order valence-electron chi connectivity index (χ0n) is 12.5. The van der Waals surface area contributed by atoms with Crippen molar-refractivity contribution in [2.75, 3.05) is 0 Å². The molecule has 0 spiro atoms. The first-order valence-electron chi connectivity index (χ1n) is 7.24. The fraction of sp³-hybridized carbons (Fsp3) is 0.167. The maximum Gasteiger partial charge on any atom is 0.336 e. The van der Waals surface area contributed by atoms with Crippen LogP contribution in [-0.2, 0) is 12.2 Å². The van der Waals surface area contributed by atoms with E-state index in [0.29, 0.717) is 17.8 Å². The third-order valence-corrected chi connectivity index (χ3v) is 4.68. The first-order chi connectivity index (χ1) is 11.1. The van der Waals surface area contributed by atoms with E-state index in [0.717, 1.165) is 21.4 Å². The quantitative estimate of drug-likeness (QED) is 0.565. The highest BCUT2D eigenvalue weighted by Crippen LogP contribution is 2.30. The number of hydrogen-bond donors (Lipinski definition) is 1. The summed E-state index contributed by atoms with van der Waals surface area (Å²) in [4.78, 5) is 12.6. The highest BCUT2D eigenvalue weighted by atomic mass is 32.2. The highest BCUT2D eigenvalue weighted by Gasteiger charge is 2.10. The summed E-state index contributed by atoms with van der Waals surface area (Å²) in [5.41, 5.74) is 1.57. The number of thioether (sulfide) groups is 1. The molecule has 0 radical (unpaired) electrons. The second-order valence-corrected chi connectivity index (χ2v) is 6.21. The molecule has 1 N–H and O–H groups in total. The summed E-state index contributed by atoms with van der Waals surface area (Å²) in [6, 6.07) is 11.0. The van der Waals surface area contributed by atoms with E-state index in [2.05, 4.69) is 0 Å². The van der Waals surface area contributed by atoms with E-state index in [1.54, 1.807) is 12.1 Å². The van der Waals surface area contributed by atoms with Crippen LogP contribution in [0.25, 0.3) is 11.0 Å². The average Bonchev–Trinajstić information content (AvgIpc) is 2.53. The summed E-state index contributed by atoms with van der Waals surface area (Å²) in [7, 11) is 0. The van der Waals surface area contributed by atoms with Gasteiger partial charge in [-0.25, -0.2) is 9.18 Å². The largest absolute Gasteiger partial charge is 0.508 e. The Labute approximate surface area is 136 Å². The summed E-state index contributed by atoms with van der Waals surface area (Å²) in [6.07, 6.45) is 0.686. The lowest BCUT2D eigenvalue weighted by atomic mass is 10.1. The van der Waals surface area contributed by atoms with E-state index in [4.69, 9.17) is 4.42 Å². The lowest BCUT2D eigenvalue weighted by molar-refractivity contribution is 0.466. The first kappa shape index (κ1) is 15.6. The van der Waals surface area contributed by atoms with Crippen LogP contribution in [0.3, 0.4) is 0 Å². The lowest BCUT2D eigenvalue weighted by Gasteiger charge is -2.08. The molecule has 0 aliphatic heterocycles. The number of phenolic OH excluding ortho intramolecular Hbond substituents is 1. The average molecular weight is 330 g/mol. The Balaban J connectivity index is 1.98. The lowest BCUT2D eigenvalue weighted by Crippen LogP contribution is -2.00. The van der Waals surface area contributed by atoms with E-state index in [9.17, 15) is 14.3 Å². The number of rotatable bonds is 4. The summed E-state index contributed by atoms with van der Waals surface area (Å²) >= 11 is 1.51. The molecular weight excluding hydrogens is 315 g/mol. The Morgan fingerprint density at radius 3 is 2.57 bits per heavy atom. The van der Waals surface area contributed by atoms with Gasteiger partial charge < -0.3 is 9.52 Å². The second-order valence-electron chi connectivity index (χ2n) is 5.16. The van der Waals surface area contributed by atoms with Crippen LogP contribution < -0.4 is 5.63 Å². The number of benzene rings is 2. The summed E-state index contributed by atoms with van der Waals surface area (Å²) < 4.78 is 18.1. The van der Waals surface area contributed by atoms with Crippen molar-refractivity contribution in [2.24, 2.45) is 0 Å². The van der Waals surface area contributed by atoms with Crippen LogP contribution in [0.15, 0.2) is 56.6 Å². The molecule has 0 unspecified atom stereocenters. The van der Waals surface area contributed by atoms with Crippen molar-refractivity contribution in [3.8, 4) is 5.75 Å². The molecule has 5 heteroatoms. The van der Waals surface area contributed by atoms with Crippen LogP contribution in [0.4, 0.5) is 4.39 Å². The number of phenols is 1. The van der Waals surface area contributed by atoms with Crippen molar-refractivity contribution >= 4 is 22.7 Å². The monoisotopic (exact) mass is 330 g/mol. The van der Waals surface area contributed by atoms with Crippen molar-refractivity contribution in [1.29, 1.82) is 0 Å². The Hall–Kier alpha value is -2.27.